The molecule has 0 spiro atoms. The first-order chi connectivity index (χ1) is 15.5. The van der Waals surface area contributed by atoms with E-state index in [-0.39, 0.29) is 24.0 Å². The number of nitrogens with zero attached hydrogens (tertiary/aromatic N) is 6. The van der Waals surface area contributed by atoms with Gasteiger partial charge in [-0.1, -0.05) is 42.8 Å². The summed E-state index contributed by atoms with van der Waals surface area (Å²) in [6.45, 7) is 7.24. The van der Waals surface area contributed by atoms with Gasteiger partial charge in [0, 0.05) is 24.8 Å². The standard InChI is InChI=1S/C23H26N6O3/c1-4-11-27(12-5-2)19(30)15-29-23(31)28-13-7-10-18(21(28)25-29)22-24-20(26-32-22)17-9-6-8-16(3)14-17/h6-10,13-14H,4-5,11-12,15H2,1-3H3. The van der Waals surface area contributed by atoms with Gasteiger partial charge >= 0.3 is 5.69 Å². The van der Waals surface area contributed by atoms with Crippen molar-refractivity contribution < 1.29 is 9.32 Å². The molecule has 3 heterocycles. The maximum Gasteiger partial charge on any atom is 0.350 e. The Hall–Kier alpha value is -3.75. The van der Waals surface area contributed by atoms with Crippen LogP contribution in [0.2, 0.25) is 0 Å². The van der Waals surface area contributed by atoms with Crippen molar-refractivity contribution in [3.05, 3.63) is 58.6 Å². The van der Waals surface area contributed by atoms with Crippen molar-refractivity contribution in [3.63, 3.8) is 0 Å². The van der Waals surface area contributed by atoms with Gasteiger partial charge in [0.15, 0.2) is 5.65 Å². The molecule has 1 amide bonds. The van der Waals surface area contributed by atoms with Crippen LogP contribution >= 0.6 is 0 Å². The smallest absolute Gasteiger partial charge is 0.341 e. The lowest BCUT2D eigenvalue weighted by Gasteiger charge is -2.20. The molecule has 3 aromatic heterocycles. The quantitative estimate of drug-likeness (QED) is 0.422. The molecular weight excluding hydrogens is 408 g/mol. The van der Waals surface area contributed by atoms with Crippen molar-refractivity contribution in [1.82, 2.24) is 29.2 Å². The average Bonchev–Trinajstić information content (AvgIpc) is 3.39. The van der Waals surface area contributed by atoms with Crippen LogP contribution in [-0.2, 0) is 11.3 Å². The van der Waals surface area contributed by atoms with E-state index >= 15 is 0 Å². The predicted octanol–water partition coefficient (Wildman–Crippen LogP) is 3.17. The molecule has 1 aromatic carbocycles. The Morgan fingerprint density at radius 2 is 1.91 bits per heavy atom. The predicted molar refractivity (Wildman–Crippen MR) is 120 cm³/mol. The van der Waals surface area contributed by atoms with Crippen molar-refractivity contribution in [1.29, 1.82) is 0 Å². The van der Waals surface area contributed by atoms with E-state index in [1.807, 2.05) is 45.0 Å². The van der Waals surface area contributed by atoms with Gasteiger partial charge in [0.05, 0.1) is 5.56 Å². The normalized spacial score (nSPS) is 11.2. The lowest BCUT2D eigenvalue weighted by Crippen LogP contribution is -2.37. The second-order valence-electron chi connectivity index (χ2n) is 7.73. The molecule has 0 aliphatic rings. The molecule has 0 saturated carbocycles. The Morgan fingerprint density at radius 3 is 2.62 bits per heavy atom. The Bertz CT molecular complexity index is 1300. The fourth-order valence-corrected chi connectivity index (χ4v) is 3.67. The Morgan fingerprint density at radius 1 is 1.12 bits per heavy atom. The zero-order valence-corrected chi connectivity index (χ0v) is 18.5. The van der Waals surface area contributed by atoms with Crippen molar-refractivity contribution in [2.75, 3.05) is 13.1 Å². The highest BCUT2D eigenvalue weighted by Gasteiger charge is 2.20. The molecule has 0 atom stereocenters. The molecule has 4 aromatic rings. The Kier molecular flexibility index (Phi) is 6.16. The first-order valence-electron chi connectivity index (χ1n) is 10.8. The highest BCUT2D eigenvalue weighted by Crippen LogP contribution is 2.24. The highest BCUT2D eigenvalue weighted by molar-refractivity contribution is 5.76. The molecule has 0 N–H and O–H groups in total. The second-order valence-corrected chi connectivity index (χ2v) is 7.73. The minimum absolute atomic E-state index is 0.113. The number of carbonyl (C=O) groups is 1. The van der Waals surface area contributed by atoms with Crippen LogP contribution in [0.15, 0.2) is 51.9 Å². The van der Waals surface area contributed by atoms with Crippen LogP contribution in [0.25, 0.3) is 28.5 Å². The average molecular weight is 435 g/mol. The molecule has 9 nitrogen and oxygen atoms in total. The van der Waals surface area contributed by atoms with Gasteiger partial charge in [-0.3, -0.25) is 4.79 Å². The van der Waals surface area contributed by atoms with Crippen molar-refractivity contribution in [2.24, 2.45) is 0 Å². The SMILES string of the molecule is CCCN(CCC)C(=O)Cn1nc2c(-c3nc(-c4cccc(C)c4)no3)cccn2c1=O. The van der Waals surface area contributed by atoms with Gasteiger partial charge in [-0.25, -0.2) is 13.9 Å². The molecule has 0 aliphatic carbocycles. The van der Waals surface area contributed by atoms with Gasteiger partial charge in [0.25, 0.3) is 5.89 Å². The minimum Gasteiger partial charge on any atom is -0.341 e. The molecule has 0 aliphatic heterocycles. The van der Waals surface area contributed by atoms with Crippen LogP contribution in [0.3, 0.4) is 0 Å². The third-order valence-electron chi connectivity index (χ3n) is 5.17. The molecule has 0 radical (unpaired) electrons. The number of rotatable bonds is 8. The summed E-state index contributed by atoms with van der Waals surface area (Å²) in [5.41, 5.74) is 2.43. The number of benzene rings is 1. The van der Waals surface area contributed by atoms with Crippen molar-refractivity contribution in [3.8, 4) is 22.8 Å². The maximum atomic E-state index is 12.9. The van der Waals surface area contributed by atoms with Crippen molar-refractivity contribution in [2.45, 2.75) is 40.2 Å². The minimum atomic E-state index is -0.387. The summed E-state index contributed by atoms with van der Waals surface area (Å²) in [4.78, 5) is 31.9. The third kappa shape index (κ3) is 4.18. The van der Waals surface area contributed by atoms with E-state index in [9.17, 15) is 9.59 Å². The zero-order valence-electron chi connectivity index (χ0n) is 18.5. The lowest BCUT2D eigenvalue weighted by molar-refractivity contribution is -0.132. The molecular formula is C23H26N6O3. The van der Waals surface area contributed by atoms with Crippen LogP contribution in [0, 0.1) is 6.92 Å². The fourth-order valence-electron chi connectivity index (χ4n) is 3.67. The first-order valence-corrected chi connectivity index (χ1v) is 10.8. The first kappa shape index (κ1) is 21.5. The largest absolute Gasteiger partial charge is 0.350 e. The van der Waals surface area contributed by atoms with Gasteiger partial charge in [-0.15, -0.1) is 5.10 Å². The van der Waals surface area contributed by atoms with E-state index in [2.05, 4.69) is 15.2 Å². The molecule has 0 bridgehead atoms. The number of fused-ring (bicyclic) bond motifs is 1. The van der Waals surface area contributed by atoms with E-state index < -0.39 is 0 Å². The molecule has 32 heavy (non-hydrogen) atoms. The lowest BCUT2D eigenvalue weighted by atomic mass is 10.1. The number of hydrogen-bond donors (Lipinski definition) is 0. The van der Waals surface area contributed by atoms with Gasteiger partial charge in [0.1, 0.15) is 6.54 Å². The van der Waals surface area contributed by atoms with Gasteiger partial charge < -0.3 is 9.42 Å². The Balaban J connectivity index is 1.68. The zero-order chi connectivity index (χ0) is 22.7. The summed E-state index contributed by atoms with van der Waals surface area (Å²) >= 11 is 0. The van der Waals surface area contributed by atoms with E-state index in [0.29, 0.717) is 30.1 Å². The number of aromatic nitrogens is 5. The third-order valence-corrected chi connectivity index (χ3v) is 5.17. The highest BCUT2D eigenvalue weighted by atomic mass is 16.5. The van der Waals surface area contributed by atoms with E-state index in [4.69, 9.17) is 4.52 Å². The van der Waals surface area contributed by atoms with Crippen LogP contribution < -0.4 is 5.69 Å². The maximum absolute atomic E-state index is 12.9. The molecule has 0 unspecified atom stereocenters. The second kappa shape index (κ2) is 9.17. The number of aryl methyl sites for hydroxylation is 1. The van der Waals surface area contributed by atoms with E-state index in [0.717, 1.165) is 24.0 Å². The van der Waals surface area contributed by atoms with Gasteiger partial charge in [0.2, 0.25) is 11.7 Å². The number of carbonyl (C=O) groups excluding carboxylic acids is 1. The van der Waals surface area contributed by atoms with Crippen LogP contribution in [0.5, 0.6) is 0 Å². The molecule has 4 rings (SSSR count). The number of amides is 1. The van der Waals surface area contributed by atoms with Crippen LogP contribution in [0.1, 0.15) is 32.3 Å². The van der Waals surface area contributed by atoms with E-state index in [1.165, 1.54) is 9.08 Å². The summed E-state index contributed by atoms with van der Waals surface area (Å²) < 4.78 is 8.07. The summed E-state index contributed by atoms with van der Waals surface area (Å²) in [5.74, 6) is 0.590. The van der Waals surface area contributed by atoms with E-state index in [1.54, 1.807) is 23.2 Å². The van der Waals surface area contributed by atoms with Crippen LogP contribution in [0.4, 0.5) is 0 Å². The number of pyridine rings is 1. The van der Waals surface area contributed by atoms with Crippen LogP contribution in [-0.4, -0.2) is 48.2 Å². The topological polar surface area (TPSA) is 98.5 Å². The monoisotopic (exact) mass is 434 g/mol. The molecule has 166 valence electrons. The van der Waals surface area contributed by atoms with Crippen molar-refractivity contribution >= 4 is 11.6 Å². The molecule has 0 saturated heterocycles. The summed E-state index contributed by atoms with van der Waals surface area (Å²) in [7, 11) is 0. The molecule has 0 fully saturated rings. The van der Waals surface area contributed by atoms with Gasteiger partial charge in [-0.05, 0) is 38.0 Å². The fraction of sp³-hybridized carbons (Fsp3) is 0.348. The number of hydrogen-bond acceptors (Lipinski definition) is 6. The molecule has 9 heteroatoms. The summed E-state index contributed by atoms with van der Waals surface area (Å²) in [6.07, 6.45) is 3.33. The van der Waals surface area contributed by atoms with Gasteiger partial charge in [-0.2, -0.15) is 4.98 Å². The Labute approximate surface area is 185 Å². The summed E-state index contributed by atoms with van der Waals surface area (Å²) in [5, 5.41) is 8.50. The summed E-state index contributed by atoms with van der Waals surface area (Å²) in [6, 6.07) is 11.3.